The normalized spacial score (nSPS) is 14.6. The van der Waals surface area contributed by atoms with Gasteiger partial charge < -0.3 is 9.64 Å². The summed E-state index contributed by atoms with van der Waals surface area (Å²) in [5.41, 5.74) is 1.83. The monoisotopic (exact) mass is 388 g/mol. The van der Waals surface area contributed by atoms with Gasteiger partial charge in [0.2, 0.25) is 0 Å². The second kappa shape index (κ2) is 6.99. The summed E-state index contributed by atoms with van der Waals surface area (Å²) in [6, 6.07) is 14.6. The minimum atomic E-state index is -4.80. The smallest absolute Gasteiger partial charge is 0.406 e. The molecule has 0 aliphatic carbocycles. The molecule has 0 spiro atoms. The quantitative estimate of drug-likeness (QED) is 0.686. The molecule has 1 aliphatic rings. The van der Waals surface area contributed by atoms with Gasteiger partial charge in [-0.1, -0.05) is 41.6 Å². The first-order chi connectivity index (χ1) is 13.4. The number of likely N-dealkylation sites (tertiary alicyclic amines) is 1. The number of ether oxygens (including phenoxy) is 1. The van der Waals surface area contributed by atoms with E-state index in [9.17, 15) is 18.0 Å². The van der Waals surface area contributed by atoms with Crippen molar-refractivity contribution in [3.8, 4) is 17.0 Å². The Balaban J connectivity index is 1.40. The van der Waals surface area contributed by atoms with Crippen molar-refractivity contribution >= 4 is 5.91 Å². The van der Waals surface area contributed by atoms with Crippen molar-refractivity contribution in [2.75, 3.05) is 13.1 Å². The molecular weight excluding hydrogens is 373 g/mol. The minimum Gasteiger partial charge on any atom is -0.406 e. The number of halogens is 3. The van der Waals surface area contributed by atoms with E-state index in [-0.39, 0.29) is 17.5 Å². The SMILES string of the molecule is O=C(c1cccc(OC(F)(F)F)c1)N1CC(n2cc(-c3ccccc3)nn2)C1. The Hall–Kier alpha value is -3.36. The minimum absolute atomic E-state index is 0.0245. The predicted octanol–water partition coefficient (Wildman–Crippen LogP) is 3.54. The molecule has 2 heterocycles. The van der Waals surface area contributed by atoms with Crippen molar-refractivity contribution in [3.63, 3.8) is 0 Å². The molecule has 3 aromatic rings. The number of hydrogen-bond donors (Lipinski definition) is 0. The molecule has 9 heteroatoms. The molecule has 28 heavy (non-hydrogen) atoms. The maximum absolute atomic E-state index is 12.5. The molecule has 0 saturated carbocycles. The summed E-state index contributed by atoms with van der Waals surface area (Å²) < 4.78 is 42.6. The van der Waals surface area contributed by atoms with Gasteiger partial charge in [-0.15, -0.1) is 18.3 Å². The highest BCUT2D eigenvalue weighted by Gasteiger charge is 2.34. The third-order valence-electron chi connectivity index (χ3n) is 4.42. The Morgan fingerprint density at radius 3 is 2.54 bits per heavy atom. The molecule has 1 aliphatic heterocycles. The van der Waals surface area contributed by atoms with Crippen LogP contribution >= 0.6 is 0 Å². The van der Waals surface area contributed by atoms with E-state index in [1.54, 1.807) is 9.58 Å². The zero-order valence-electron chi connectivity index (χ0n) is 14.5. The topological polar surface area (TPSA) is 60.2 Å². The lowest BCUT2D eigenvalue weighted by Gasteiger charge is -2.38. The first kappa shape index (κ1) is 18.0. The molecule has 0 unspecified atom stereocenters. The second-order valence-electron chi connectivity index (χ2n) is 6.39. The number of alkyl halides is 3. The van der Waals surface area contributed by atoms with Gasteiger partial charge in [-0.3, -0.25) is 4.79 Å². The third kappa shape index (κ3) is 3.83. The standard InChI is InChI=1S/C19H15F3N4O2/c20-19(21,22)28-16-8-4-7-14(9-16)18(27)25-10-15(11-25)26-12-17(23-24-26)13-5-2-1-3-6-13/h1-9,12,15H,10-11H2. The van der Waals surface area contributed by atoms with Gasteiger partial charge in [0.1, 0.15) is 11.4 Å². The van der Waals surface area contributed by atoms with Crippen LogP contribution in [-0.2, 0) is 0 Å². The van der Waals surface area contributed by atoms with Crippen LogP contribution in [0, 0.1) is 0 Å². The number of amides is 1. The first-order valence-corrected chi connectivity index (χ1v) is 8.51. The largest absolute Gasteiger partial charge is 0.573 e. The van der Waals surface area contributed by atoms with Crippen molar-refractivity contribution in [2.24, 2.45) is 0 Å². The van der Waals surface area contributed by atoms with E-state index in [4.69, 9.17) is 0 Å². The number of benzene rings is 2. The van der Waals surface area contributed by atoms with Crippen molar-refractivity contribution in [3.05, 3.63) is 66.4 Å². The van der Waals surface area contributed by atoms with Crippen molar-refractivity contribution in [1.29, 1.82) is 0 Å². The highest BCUT2D eigenvalue weighted by atomic mass is 19.4. The fourth-order valence-corrected chi connectivity index (χ4v) is 2.99. The van der Waals surface area contributed by atoms with Crippen molar-refractivity contribution in [1.82, 2.24) is 19.9 Å². The van der Waals surface area contributed by atoms with Gasteiger partial charge in [-0.05, 0) is 18.2 Å². The molecule has 0 radical (unpaired) electrons. The Labute approximate surface area is 158 Å². The summed E-state index contributed by atoms with van der Waals surface area (Å²) >= 11 is 0. The average Bonchev–Trinajstić information content (AvgIpc) is 3.09. The number of rotatable bonds is 4. The molecule has 1 saturated heterocycles. The molecule has 1 amide bonds. The zero-order valence-corrected chi connectivity index (χ0v) is 14.5. The molecule has 6 nitrogen and oxygen atoms in total. The Kier molecular flexibility index (Phi) is 4.50. The van der Waals surface area contributed by atoms with Crippen LogP contribution in [0.1, 0.15) is 16.4 Å². The summed E-state index contributed by atoms with van der Waals surface area (Å²) in [5, 5.41) is 8.27. The predicted molar refractivity (Wildman–Crippen MR) is 93.5 cm³/mol. The van der Waals surface area contributed by atoms with Gasteiger partial charge in [0.25, 0.3) is 5.91 Å². The zero-order chi connectivity index (χ0) is 19.7. The molecule has 4 rings (SSSR count). The molecule has 2 aromatic carbocycles. The molecule has 0 atom stereocenters. The Morgan fingerprint density at radius 2 is 1.82 bits per heavy atom. The van der Waals surface area contributed by atoms with E-state index in [2.05, 4.69) is 15.0 Å². The summed E-state index contributed by atoms with van der Waals surface area (Å²) in [7, 11) is 0. The second-order valence-corrected chi connectivity index (χ2v) is 6.39. The summed E-state index contributed by atoms with van der Waals surface area (Å²) in [4.78, 5) is 14.0. The van der Waals surface area contributed by atoms with E-state index in [0.717, 1.165) is 23.4 Å². The summed E-state index contributed by atoms with van der Waals surface area (Å²) in [6.07, 6.45) is -2.98. The Morgan fingerprint density at radius 1 is 1.07 bits per heavy atom. The fourth-order valence-electron chi connectivity index (χ4n) is 2.99. The molecule has 0 N–H and O–H groups in total. The van der Waals surface area contributed by atoms with E-state index in [1.165, 1.54) is 12.1 Å². The lowest BCUT2D eigenvalue weighted by molar-refractivity contribution is -0.274. The number of aromatic nitrogens is 3. The maximum Gasteiger partial charge on any atom is 0.573 e. The molecule has 144 valence electrons. The van der Waals surface area contributed by atoms with Crippen LogP contribution in [0.4, 0.5) is 13.2 Å². The maximum atomic E-state index is 12.5. The first-order valence-electron chi connectivity index (χ1n) is 8.51. The van der Waals surface area contributed by atoms with Crippen LogP contribution < -0.4 is 4.74 Å². The van der Waals surface area contributed by atoms with E-state index >= 15 is 0 Å². The van der Waals surface area contributed by atoms with E-state index < -0.39 is 12.1 Å². The molecular formula is C19H15F3N4O2. The fraction of sp³-hybridized carbons (Fsp3) is 0.211. The lowest BCUT2D eigenvalue weighted by Crippen LogP contribution is -2.50. The van der Waals surface area contributed by atoms with Gasteiger partial charge in [-0.2, -0.15) is 0 Å². The van der Waals surface area contributed by atoms with Crippen molar-refractivity contribution < 1.29 is 22.7 Å². The number of hydrogen-bond acceptors (Lipinski definition) is 4. The van der Waals surface area contributed by atoms with E-state index in [0.29, 0.717) is 13.1 Å². The third-order valence-corrected chi connectivity index (χ3v) is 4.42. The molecule has 1 fully saturated rings. The number of nitrogens with zero attached hydrogens (tertiary/aromatic N) is 4. The van der Waals surface area contributed by atoms with Crippen LogP contribution in [0.2, 0.25) is 0 Å². The van der Waals surface area contributed by atoms with Crippen LogP contribution in [0.25, 0.3) is 11.3 Å². The van der Waals surface area contributed by atoms with E-state index in [1.807, 2.05) is 36.5 Å². The van der Waals surface area contributed by atoms with Gasteiger partial charge in [0.05, 0.1) is 12.2 Å². The Bertz CT molecular complexity index is 982. The molecule has 1 aromatic heterocycles. The highest BCUT2D eigenvalue weighted by Crippen LogP contribution is 2.27. The van der Waals surface area contributed by atoms with Gasteiger partial charge in [0.15, 0.2) is 0 Å². The highest BCUT2D eigenvalue weighted by molar-refractivity contribution is 5.95. The van der Waals surface area contributed by atoms with Crippen LogP contribution in [0.15, 0.2) is 60.8 Å². The number of carbonyl (C=O) groups excluding carboxylic acids is 1. The van der Waals surface area contributed by atoms with Crippen LogP contribution in [-0.4, -0.2) is 45.3 Å². The van der Waals surface area contributed by atoms with Gasteiger partial charge in [0, 0.05) is 24.2 Å². The lowest BCUT2D eigenvalue weighted by atomic mass is 10.1. The number of carbonyl (C=O) groups is 1. The summed E-state index contributed by atoms with van der Waals surface area (Å²) in [5.74, 6) is -0.772. The molecule has 0 bridgehead atoms. The summed E-state index contributed by atoms with van der Waals surface area (Å²) in [6.45, 7) is 0.807. The average molecular weight is 388 g/mol. The van der Waals surface area contributed by atoms with Crippen molar-refractivity contribution in [2.45, 2.75) is 12.4 Å². The van der Waals surface area contributed by atoms with Crippen LogP contribution in [0.5, 0.6) is 5.75 Å². The van der Waals surface area contributed by atoms with Gasteiger partial charge >= 0.3 is 6.36 Å². The van der Waals surface area contributed by atoms with Gasteiger partial charge in [-0.25, -0.2) is 4.68 Å². The van der Waals surface area contributed by atoms with Crippen LogP contribution in [0.3, 0.4) is 0 Å².